The van der Waals surface area contributed by atoms with Crippen LogP contribution in [0.5, 0.6) is 0 Å². The lowest BCUT2D eigenvalue weighted by atomic mass is 9.94. The summed E-state index contributed by atoms with van der Waals surface area (Å²) in [6.45, 7) is 0. The van der Waals surface area contributed by atoms with E-state index in [1.165, 1.54) is 12.1 Å². The molecule has 4 aromatic carbocycles. The highest BCUT2D eigenvalue weighted by molar-refractivity contribution is 6.13. The van der Waals surface area contributed by atoms with Crippen LogP contribution in [0.1, 0.15) is 31.8 Å². The van der Waals surface area contributed by atoms with Gasteiger partial charge in [0.15, 0.2) is 0 Å². The molecule has 194 valence electrons. The van der Waals surface area contributed by atoms with Crippen molar-refractivity contribution in [3.8, 4) is 11.1 Å². The Morgan fingerprint density at radius 3 is 1.11 bits per heavy atom. The van der Waals surface area contributed by atoms with E-state index in [9.17, 15) is 35.9 Å². The molecular formula is C28H18F6N2O2. The zero-order chi connectivity index (χ0) is 27.5. The quantitative estimate of drug-likeness (QED) is 0.259. The van der Waals surface area contributed by atoms with Crippen molar-refractivity contribution in [3.05, 3.63) is 119 Å². The molecule has 0 aromatic heterocycles. The molecule has 0 aliphatic heterocycles. The number of amides is 2. The third-order valence-corrected chi connectivity index (χ3v) is 5.57. The van der Waals surface area contributed by atoms with Crippen LogP contribution in [0, 0.1) is 0 Å². The Morgan fingerprint density at radius 2 is 0.789 bits per heavy atom. The lowest BCUT2D eigenvalue weighted by Gasteiger charge is -2.15. The van der Waals surface area contributed by atoms with Crippen LogP contribution >= 0.6 is 0 Å². The summed E-state index contributed by atoms with van der Waals surface area (Å²) >= 11 is 0. The van der Waals surface area contributed by atoms with E-state index >= 15 is 0 Å². The number of benzene rings is 4. The normalized spacial score (nSPS) is 11.6. The summed E-state index contributed by atoms with van der Waals surface area (Å²) in [5, 5.41) is 5.11. The molecule has 4 nitrogen and oxygen atoms in total. The summed E-state index contributed by atoms with van der Waals surface area (Å²) < 4.78 is 77.0. The Hall–Kier alpha value is -4.60. The predicted molar refractivity (Wildman–Crippen MR) is 131 cm³/mol. The van der Waals surface area contributed by atoms with Crippen LogP contribution < -0.4 is 10.6 Å². The molecular weight excluding hydrogens is 510 g/mol. The molecule has 0 saturated carbocycles. The zero-order valence-electron chi connectivity index (χ0n) is 19.3. The third kappa shape index (κ3) is 6.03. The first-order valence-corrected chi connectivity index (χ1v) is 11.1. The molecule has 2 N–H and O–H groups in total. The average molecular weight is 528 g/mol. The minimum Gasteiger partial charge on any atom is -0.322 e. The van der Waals surface area contributed by atoms with Crippen LogP contribution in [-0.2, 0) is 12.4 Å². The number of anilines is 2. The molecule has 0 aliphatic rings. The average Bonchev–Trinajstić information content (AvgIpc) is 2.88. The molecule has 0 heterocycles. The number of carbonyl (C=O) groups excluding carboxylic acids is 2. The van der Waals surface area contributed by atoms with E-state index in [0.717, 1.165) is 48.5 Å². The standard InChI is InChI=1S/C28H18F6N2O2/c29-27(30,31)17-9-13-19(14-10-17)35-25(37)23-7-3-1-5-21(23)22-6-2-4-8-24(22)26(38)36-20-15-11-18(12-16-20)28(32,33)34/h1-16H,(H,35,37)(H,36,38). The molecule has 10 heteroatoms. The zero-order valence-corrected chi connectivity index (χ0v) is 19.3. The number of rotatable bonds is 5. The smallest absolute Gasteiger partial charge is 0.322 e. The van der Waals surface area contributed by atoms with E-state index in [-0.39, 0.29) is 22.5 Å². The van der Waals surface area contributed by atoms with Gasteiger partial charge in [0.1, 0.15) is 0 Å². The van der Waals surface area contributed by atoms with Crippen molar-refractivity contribution < 1.29 is 35.9 Å². The van der Waals surface area contributed by atoms with Gasteiger partial charge in [0.2, 0.25) is 0 Å². The van der Waals surface area contributed by atoms with Crippen molar-refractivity contribution in [1.82, 2.24) is 0 Å². The molecule has 0 atom stereocenters. The molecule has 0 radical (unpaired) electrons. The van der Waals surface area contributed by atoms with Gasteiger partial charge in [0, 0.05) is 22.5 Å². The Morgan fingerprint density at radius 1 is 0.474 bits per heavy atom. The molecule has 2 amide bonds. The molecule has 0 unspecified atom stereocenters. The maximum Gasteiger partial charge on any atom is 0.416 e. The van der Waals surface area contributed by atoms with Crippen molar-refractivity contribution in [3.63, 3.8) is 0 Å². The van der Waals surface area contributed by atoms with Crippen molar-refractivity contribution >= 4 is 23.2 Å². The highest BCUT2D eigenvalue weighted by atomic mass is 19.4. The van der Waals surface area contributed by atoms with Crippen LogP contribution in [0.2, 0.25) is 0 Å². The van der Waals surface area contributed by atoms with Gasteiger partial charge in [0.05, 0.1) is 11.1 Å². The van der Waals surface area contributed by atoms with E-state index in [0.29, 0.717) is 11.1 Å². The van der Waals surface area contributed by atoms with Gasteiger partial charge in [-0.05, 0) is 71.8 Å². The lowest BCUT2D eigenvalue weighted by molar-refractivity contribution is -0.138. The molecule has 4 aromatic rings. The maximum atomic E-state index is 13.0. The van der Waals surface area contributed by atoms with Gasteiger partial charge in [-0.1, -0.05) is 36.4 Å². The largest absolute Gasteiger partial charge is 0.416 e. The van der Waals surface area contributed by atoms with Gasteiger partial charge < -0.3 is 10.6 Å². The number of nitrogens with one attached hydrogen (secondary N) is 2. The Kier molecular flexibility index (Phi) is 7.25. The van der Waals surface area contributed by atoms with Gasteiger partial charge in [-0.15, -0.1) is 0 Å². The fourth-order valence-electron chi connectivity index (χ4n) is 3.71. The van der Waals surface area contributed by atoms with Gasteiger partial charge in [-0.3, -0.25) is 9.59 Å². The Bertz CT molecular complexity index is 1350. The van der Waals surface area contributed by atoms with Gasteiger partial charge in [-0.2, -0.15) is 26.3 Å². The molecule has 0 spiro atoms. The van der Waals surface area contributed by atoms with Gasteiger partial charge >= 0.3 is 12.4 Å². The fraction of sp³-hybridized carbons (Fsp3) is 0.0714. The second-order valence-electron chi connectivity index (χ2n) is 8.15. The first-order valence-electron chi connectivity index (χ1n) is 11.1. The van der Waals surface area contributed by atoms with Crippen molar-refractivity contribution in [2.45, 2.75) is 12.4 Å². The number of hydrogen-bond donors (Lipinski definition) is 2. The summed E-state index contributed by atoms with van der Waals surface area (Å²) in [7, 11) is 0. The summed E-state index contributed by atoms with van der Waals surface area (Å²) in [4.78, 5) is 26.1. The van der Waals surface area contributed by atoms with Crippen LogP contribution in [0.3, 0.4) is 0 Å². The minimum absolute atomic E-state index is 0.145. The topological polar surface area (TPSA) is 58.2 Å². The second kappa shape index (κ2) is 10.4. The Balaban J connectivity index is 1.60. The number of hydrogen-bond acceptors (Lipinski definition) is 2. The number of alkyl halides is 6. The van der Waals surface area contributed by atoms with E-state index in [1.807, 2.05) is 0 Å². The van der Waals surface area contributed by atoms with E-state index in [4.69, 9.17) is 0 Å². The van der Waals surface area contributed by atoms with Gasteiger partial charge in [0.25, 0.3) is 11.8 Å². The van der Waals surface area contributed by atoms with Crippen molar-refractivity contribution in [2.24, 2.45) is 0 Å². The highest BCUT2D eigenvalue weighted by Crippen LogP contribution is 2.32. The summed E-state index contributed by atoms with van der Waals surface area (Å²) in [5.74, 6) is -1.23. The first-order chi connectivity index (χ1) is 17.9. The van der Waals surface area contributed by atoms with E-state index in [2.05, 4.69) is 10.6 Å². The summed E-state index contributed by atoms with van der Waals surface area (Å²) in [6.07, 6.45) is -9.03. The van der Waals surface area contributed by atoms with Crippen molar-refractivity contribution in [2.75, 3.05) is 10.6 Å². The van der Waals surface area contributed by atoms with Crippen LogP contribution in [0.15, 0.2) is 97.1 Å². The van der Waals surface area contributed by atoms with Crippen molar-refractivity contribution in [1.29, 1.82) is 0 Å². The second-order valence-corrected chi connectivity index (χ2v) is 8.15. The number of carbonyl (C=O) groups is 2. The molecule has 38 heavy (non-hydrogen) atoms. The van der Waals surface area contributed by atoms with Gasteiger partial charge in [-0.25, -0.2) is 0 Å². The molecule has 4 rings (SSSR count). The minimum atomic E-state index is -4.51. The first kappa shape index (κ1) is 26.5. The molecule has 0 aliphatic carbocycles. The summed E-state index contributed by atoms with van der Waals surface area (Å²) in [5.41, 5.74) is -0.375. The summed E-state index contributed by atoms with van der Waals surface area (Å²) in [6, 6.07) is 20.6. The van der Waals surface area contributed by atoms with Crippen LogP contribution in [-0.4, -0.2) is 11.8 Å². The van der Waals surface area contributed by atoms with E-state index < -0.39 is 35.3 Å². The van der Waals surface area contributed by atoms with E-state index in [1.54, 1.807) is 36.4 Å². The predicted octanol–water partition coefficient (Wildman–Crippen LogP) is 7.90. The van der Waals surface area contributed by atoms with Crippen LogP contribution in [0.4, 0.5) is 37.7 Å². The number of halogens is 6. The molecule has 0 saturated heterocycles. The van der Waals surface area contributed by atoms with Crippen LogP contribution in [0.25, 0.3) is 11.1 Å². The lowest BCUT2D eigenvalue weighted by Crippen LogP contribution is -2.16. The monoisotopic (exact) mass is 528 g/mol. The Labute approximate surface area is 212 Å². The SMILES string of the molecule is O=C(Nc1ccc(C(F)(F)F)cc1)c1ccccc1-c1ccccc1C(=O)Nc1ccc(C(F)(F)F)cc1. The molecule has 0 bridgehead atoms. The fourth-order valence-corrected chi connectivity index (χ4v) is 3.71. The molecule has 0 fully saturated rings. The third-order valence-electron chi connectivity index (χ3n) is 5.57. The maximum absolute atomic E-state index is 13.0. The highest BCUT2D eigenvalue weighted by Gasteiger charge is 2.31.